The molecular formula is C19H17FN2O4S. The summed E-state index contributed by atoms with van der Waals surface area (Å²) in [7, 11) is 0. The van der Waals surface area contributed by atoms with E-state index in [4.69, 9.17) is 9.47 Å². The lowest BCUT2D eigenvalue weighted by molar-refractivity contribution is -0.147. The molecule has 27 heavy (non-hydrogen) atoms. The van der Waals surface area contributed by atoms with Gasteiger partial charge in [0.1, 0.15) is 17.3 Å². The van der Waals surface area contributed by atoms with E-state index in [-0.39, 0.29) is 23.7 Å². The molecule has 1 N–H and O–H groups in total. The van der Waals surface area contributed by atoms with Crippen LogP contribution in [-0.2, 0) is 29.0 Å². The van der Waals surface area contributed by atoms with E-state index in [2.05, 4.69) is 9.97 Å². The van der Waals surface area contributed by atoms with E-state index in [0.29, 0.717) is 10.2 Å². The van der Waals surface area contributed by atoms with E-state index in [1.54, 1.807) is 6.07 Å². The summed E-state index contributed by atoms with van der Waals surface area (Å²) in [5, 5.41) is 0.660. The lowest BCUT2D eigenvalue weighted by Crippen LogP contribution is -2.18. The highest BCUT2D eigenvalue weighted by atomic mass is 32.1. The summed E-state index contributed by atoms with van der Waals surface area (Å²) in [6, 6.07) is 5.80. The third-order valence-corrected chi connectivity index (χ3v) is 5.61. The second kappa shape index (κ2) is 7.48. The van der Waals surface area contributed by atoms with Crippen molar-refractivity contribution in [2.45, 2.75) is 32.3 Å². The van der Waals surface area contributed by atoms with Crippen LogP contribution in [0.1, 0.15) is 29.1 Å². The van der Waals surface area contributed by atoms with Gasteiger partial charge in [-0.05, 0) is 43.4 Å². The summed E-state index contributed by atoms with van der Waals surface area (Å²) in [6.45, 7) is -0.603. The largest absolute Gasteiger partial charge is 0.479 e. The predicted octanol–water partition coefficient (Wildman–Crippen LogP) is 3.12. The maximum Gasteiger partial charge on any atom is 0.344 e. The molecule has 0 saturated heterocycles. The Morgan fingerprint density at radius 3 is 2.93 bits per heavy atom. The van der Waals surface area contributed by atoms with Crippen molar-refractivity contribution in [3.05, 3.63) is 56.7 Å². The quantitative estimate of drug-likeness (QED) is 0.679. The van der Waals surface area contributed by atoms with Crippen molar-refractivity contribution >= 4 is 27.5 Å². The molecular weight excluding hydrogens is 371 g/mol. The highest BCUT2D eigenvalue weighted by molar-refractivity contribution is 7.18. The van der Waals surface area contributed by atoms with Crippen LogP contribution >= 0.6 is 11.3 Å². The molecule has 1 aliphatic rings. The second-order valence-corrected chi connectivity index (χ2v) is 7.37. The fraction of sp³-hybridized carbons (Fsp3) is 0.316. The molecule has 3 aromatic rings. The van der Waals surface area contributed by atoms with E-state index >= 15 is 0 Å². The van der Waals surface area contributed by atoms with Gasteiger partial charge in [0.05, 0.1) is 5.39 Å². The van der Waals surface area contributed by atoms with Gasteiger partial charge in [-0.15, -0.1) is 11.3 Å². The number of nitrogens with zero attached hydrogens (tertiary/aromatic N) is 1. The monoisotopic (exact) mass is 388 g/mol. The molecule has 0 saturated carbocycles. The molecule has 0 atom stereocenters. The lowest BCUT2D eigenvalue weighted by atomic mass is 9.97. The number of rotatable bonds is 5. The van der Waals surface area contributed by atoms with Gasteiger partial charge in [0.2, 0.25) is 0 Å². The normalized spacial score (nSPS) is 13.4. The van der Waals surface area contributed by atoms with Gasteiger partial charge >= 0.3 is 5.97 Å². The number of esters is 1. The van der Waals surface area contributed by atoms with Gasteiger partial charge in [-0.2, -0.15) is 0 Å². The number of aryl methyl sites for hydroxylation is 2. The standard InChI is InChI=1S/C19H17FN2O4S/c20-12-6-2-3-7-13(12)25-10-16(23)26-9-15-21-18(24)17-11-5-1-4-8-14(11)27-19(17)22-15/h2-3,6-7H,1,4-5,8-10H2,(H,21,22,24). The highest BCUT2D eigenvalue weighted by Crippen LogP contribution is 2.33. The number of fused-ring (bicyclic) bond motifs is 3. The van der Waals surface area contributed by atoms with Gasteiger partial charge in [-0.1, -0.05) is 12.1 Å². The topological polar surface area (TPSA) is 81.3 Å². The molecule has 2 heterocycles. The van der Waals surface area contributed by atoms with Crippen LogP contribution in [0.25, 0.3) is 10.2 Å². The average Bonchev–Trinajstić information content (AvgIpc) is 3.04. The summed E-state index contributed by atoms with van der Waals surface area (Å²) in [4.78, 5) is 33.3. The van der Waals surface area contributed by atoms with Crippen molar-refractivity contribution in [1.82, 2.24) is 9.97 Å². The van der Waals surface area contributed by atoms with Crippen LogP contribution < -0.4 is 10.3 Å². The number of halogens is 1. The van der Waals surface area contributed by atoms with Crippen LogP contribution in [0.15, 0.2) is 29.1 Å². The smallest absolute Gasteiger partial charge is 0.344 e. The Balaban J connectivity index is 1.42. The summed E-state index contributed by atoms with van der Waals surface area (Å²) < 4.78 is 23.6. The fourth-order valence-corrected chi connectivity index (χ4v) is 4.45. The highest BCUT2D eigenvalue weighted by Gasteiger charge is 2.20. The summed E-state index contributed by atoms with van der Waals surface area (Å²) in [5.74, 6) is -0.966. The van der Waals surface area contributed by atoms with Crippen molar-refractivity contribution in [2.75, 3.05) is 6.61 Å². The summed E-state index contributed by atoms with van der Waals surface area (Å²) in [6.07, 6.45) is 4.10. The minimum atomic E-state index is -0.675. The van der Waals surface area contributed by atoms with Crippen molar-refractivity contribution in [3.8, 4) is 5.75 Å². The van der Waals surface area contributed by atoms with Gasteiger partial charge in [0.15, 0.2) is 18.2 Å². The first-order valence-corrected chi connectivity index (χ1v) is 9.50. The number of para-hydroxylation sites is 1. The van der Waals surface area contributed by atoms with Crippen LogP contribution in [0.3, 0.4) is 0 Å². The zero-order chi connectivity index (χ0) is 18.8. The summed E-state index contributed by atoms with van der Waals surface area (Å²) in [5.41, 5.74) is 0.907. The molecule has 0 amide bonds. The molecule has 140 valence electrons. The van der Waals surface area contributed by atoms with Crippen LogP contribution in [0, 0.1) is 5.82 Å². The van der Waals surface area contributed by atoms with Crippen molar-refractivity contribution in [3.63, 3.8) is 0 Å². The minimum Gasteiger partial charge on any atom is -0.479 e. The Labute approximate surface area is 158 Å². The number of benzene rings is 1. The third kappa shape index (κ3) is 3.71. The molecule has 0 unspecified atom stereocenters. The number of carbonyl (C=O) groups excluding carboxylic acids is 1. The van der Waals surface area contributed by atoms with Crippen LogP contribution in [0.4, 0.5) is 4.39 Å². The van der Waals surface area contributed by atoms with Crippen molar-refractivity contribution < 1.29 is 18.7 Å². The number of ether oxygens (including phenoxy) is 2. The third-order valence-electron chi connectivity index (χ3n) is 4.43. The van der Waals surface area contributed by atoms with E-state index in [1.807, 2.05) is 0 Å². The number of aromatic nitrogens is 2. The number of hydrogen-bond donors (Lipinski definition) is 1. The van der Waals surface area contributed by atoms with Crippen molar-refractivity contribution in [2.24, 2.45) is 0 Å². The first-order chi connectivity index (χ1) is 13.1. The Kier molecular flexibility index (Phi) is 4.89. The predicted molar refractivity (Wildman–Crippen MR) is 98.6 cm³/mol. The van der Waals surface area contributed by atoms with Gasteiger partial charge < -0.3 is 14.5 Å². The molecule has 1 aromatic carbocycles. The number of aromatic amines is 1. The van der Waals surface area contributed by atoms with Gasteiger partial charge in [0, 0.05) is 4.88 Å². The van der Waals surface area contributed by atoms with Gasteiger partial charge in [0.25, 0.3) is 5.56 Å². The lowest BCUT2D eigenvalue weighted by Gasteiger charge is -2.09. The van der Waals surface area contributed by atoms with Crippen molar-refractivity contribution in [1.29, 1.82) is 0 Å². The molecule has 1 aliphatic carbocycles. The maximum absolute atomic E-state index is 13.5. The second-order valence-electron chi connectivity index (χ2n) is 6.28. The first-order valence-electron chi connectivity index (χ1n) is 8.68. The number of thiophene rings is 1. The van der Waals surface area contributed by atoms with Crippen LogP contribution in [-0.4, -0.2) is 22.5 Å². The number of hydrogen-bond acceptors (Lipinski definition) is 6. The summed E-state index contributed by atoms with van der Waals surface area (Å²) >= 11 is 1.53. The Morgan fingerprint density at radius 2 is 2.07 bits per heavy atom. The maximum atomic E-state index is 13.5. The van der Waals surface area contributed by atoms with E-state index < -0.39 is 18.4 Å². The number of nitrogens with one attached hydrogen (secondary N) is 1. The van der Waals surface area contributed by atoms with Gasteiger partial charge in [-0.25, -0.2) is 14.2 Å². The number of H-pyrrole nitrogens is 1. The molecule has 0 radical (unpaired) electrons. The molecule has 6 nitrogen and oxygen atoms in total. The van der Waals surface area contributed by atoms with Gasteiger partial charge in [-0.3, -0.25) is 4.79 Å². The van der Waals surface area contributed by atoms with E-state index in [9.17, 15) is 14.0 Å². The molecule has 2 aromatic heterocycles. The molecule has 4 rings (SSSR count). The average molecular weight is 388 g/mol. The zero-order valence-electron chi connectivity index (χ0n) is 14.4. The molecule has 0 bridgehead atoms. The molecule has 0 spiro atoms. The Bertz CT molecular complexity index is 1060. The SMILES string of the molecule is O=C(COc1ccccc1F)OCc1nc2sc3c(c2c(=O)[nH]1)CCCC3. The van der Waals surface area contributed by atoms with Crippen LogP contribution in [0.2, 0.25) is 0 Å². The minimum absolute atomic E-state index is 0.0217. The number of carbonyl (C=O) groups is 1. The fourth-order valence-electron chi connectivity index (χ4n) is 3.17. The van der Waals surface area contributed by atoms with Crippen LogP contribution in [0.5, 0.6) is 5.75 Å². The zero-order valence-corrected chi connectivity index (χ0v) is 15.2. The Morgan fingerprint density at radius 1 is 1.26 bits per heavy atom. The molecule has 0 fully saturated rings. The molecule has 0 aliphatic heterocycles. The molecule has 8 heteroatoms. The Hall–Kier alpha value is -2.74. The first kappa shape index (κ1) is 17.7. The van der Waals surface area contributed by atoms with E-state index in [0.717, 1.165) is 31.2 Å². The van der Waals surface area contributed by atoms with E-state index in [1.165, 1.54) is 34.4 Å².